The summed E-state index contributed by atoms with van der Waals surface area (Å²) in [6.07, 6.45) is 3.23. The maximum atomic E-state index is 13.2. The van der Waals surface area contributed by atoms with Gasteiger partial charge in [0.05, 0.1) is 12.2 Å². The average molecular weight is 462 g/mol. The summed E-state index contributed by atoms with van der Waals surface area (Å²) < 4.78 is 5.75. The Morgan fingerprint density at radius 3 is 2.39 bits per heavy atom. The van der Waals surface area contributed by atoms with E-state index in [0.29, 0.717) is 23.6 Å². The fourth-order valence-corrected chi connectivity index (χ4v) is 5.03. The summed E-state index contributed by atoms with van der Waals surface area (Å²) in [4.78, 5) is 28.6. The van der Waals surface area contributed by atoms with Crippen molar-refractivity contribution in [3.8, 4) is 5.75 Å². The summed E-state index contributed by atoms with van der Waals surface area (Å²) in [5, 5.41) is 13.1. The van der Waals surface area contributed by atoms with Crippen molar-refractivity contribution in [2.75, 3.05) is 11.5 Å². The highest BCUT2D eigenvalue weighted by atomic mass is 32.1. The van der Waals surface area contributed by atoms with Gasteiger partial charge in [-0.15, -0.1) is 11.3 Å². The molecule has 2 heterocycles. The number of para-hydroxylation sites is 1. The molecule has 0 spiro atoms. The van der Waals surface area contributed by atoms with Gasteiger partial charge in [-0.25, -0.2) is 0 Å². The smallest absolute Gasteiger partial charge is 0.300 e. The van der Waals surface area contributed by atoms with E-state index in [1.807, 2.05) is 36.6 Å². The maximum absolute atomic E-state index is 13.2. The molecule has 2 aromatic carbocycles. The Balaban J connectivity index is 1.73. The van der Waals surface area contributed by atoms with Gasteiger partial charge < -0.3 is 9.84 Å². The first-order valence-corrected chi connectivity index (χ1v) is 12.0. The number of carbonyl (C=O) groups is 2. The van der Waals surface area contributed by atoms with Crippen LogP contribution in [-0.2, 0) is 9.59 Å². The molecule has 1 fully saturated rings. The van der Waals surface area contributed by atoms with Crippen molar-refractivity contribution < 1.29 is 19.4 Å². The number of benzene rings is 2. The molecule has 1 saturated heterocycles. The minimum absolute atomic E-state index is 0.103. The zero-order chi connectivity index (χ0) is 23.4. The molecule has 6 heteroatoms. The van der Waals surface area contributed by atoms with E-state index in [4.69, 9.17) is 4.74 Å². The molecule has 33 heavy (non-hydrogen) atoms. The van der Waals surface area contributed by atoms with E-state index >= 15 is 0 Å². The van der Waals surface area contributed by atoms with Crippen LogP contribution in [0.1, 0.15) is 48.2 Å². The second-order valence-electron chi connectivity index (χ2n) is 8.05. The van der Waals surface area contributed by atoms with Crippen LogP contribution >= 0.6 is 11.3 Å². The summed E-state index contributed by atoms with van der Waals surface area (Å²) in [6.45, 7) is 4.73. The van der Waals surface area contributed by atoms with Gasteiger partial charge in [0.1, 0.15) is 17.6 Å². The Morgan fingerprint density at radius 2 is 1.76 bits per heavy atom. The van der Waals surface area contributed by atoms with Crippen LogP contribution in [-0.4, -0.2) is 23.4 Å². The SMILES string of the molecule is CCCCCOc1ccc(/C(O)=C2/C(=O)C(=O)N(c3ccccc3)C2c2sccc2C)cc1. The van der Waals surface area contributed by atoms with Crippen LogP contribution in [0.2, 0.25) is 0 Å². The van der Waals surface area contributed by atoms with Crippen molar-refractivity contribution in [1.82, 2.24) is 0 Å². The summed E-state index contributed by atoms with van der Waals surface area (Å²) in [7, 11) is 0. The van der Waals surface area contributed by atoms with Gasteiger partial charge in [-0.05, 0) is 66.8 Å². The lowest BCUT2D eigenvalue weighted by Gasteiger charge is -2.25. The molecule has 0 saturated carbocycles. The molecule has 1 atom stereocenters. The van der Waals surface area contributed by atoms with E-state index in [0.717, 1.165) is 29.7 Å². The Kier molecular flexibility index (Phi) is 6.94. The lowest BCUT2D eigenvalue weighted by atomic mass is 9.98. The molecule has 0 radical (unpaired) electrons. The van der Waals surface area contributed by atoms with Crippen LogP contribution in [0.5, 0.6) is 5.75 Å². The summed E-state index contributed by atoms with van der Waals surface area (Å²) in [5.74, 6) is -0.800. The van der Waals surface area contributed by atoms with E-state index in [-0.39, 0.29) is 11.3 Å². The molecule has 3 aromatic rings. The number of ketones is 1. The minimum atomic E-state index is -0.686. The van der Waals surface area contributed by atoms with Gasteiger partial charge >= 0.3 is 0 Å². The van der Waals surface area contributed by atoms with E-state index in [2.05, 4.69) is 6.92 Å². The quantitative estimate of drug-likeness (QED) is 0.186. The number of anilines is 1. The fourth-order valence-electron chi connectivity index (χ4n) is 4.01. The third-order valence-corrected chi connectivity index (χ3v) is 6.84. The Hall–Kier alpha value is -3.38. The van der Waals surface area contributed by atoms with Crippen molar-refractivity contribution in [2.24, 2.45) is 0 Å². The molecule has 1 aliphatic heterocycles. The van der Waals surface area contributed by atoms with Crippen molar-refractivity contribution in [1.29, 1.82) is 0 Å². The van der Waals surface area contributed by atoms with Crippen LogP contribution < -0.4 is 9.64 Å². The number of aliphatic hydroxyl groups excluding tert-OH is 1. The number of hydrogen-bond acceptors (Lipinski definition) is 5. The predicted octanol–water partition coefficient (Wildman–Crippen LogP) is 6.25. The highest BCUT2D eigenvalue weighted by Crippen LogP contribution is 2.44. The van der Waals surface area contributed by atoms with E-state index in [9.17, 15) is 14.7 Å². The van der Waals surface area contributed by atoms with Gasteiger partial charge in [-0.1, -0.05) is 38.0 Å². The zero-order valence-corrected chi connectivity index (χ0v) is 19.6. The molecule has 1 amide bonds. The normalized spacial score (nSPS) is 17.5. The van der Waals surface area contributed by atoms with Gasteiger partial charge in [0.25, 0.3) is 11.7 Å². The molecule has 0 aliphatic carbocycles. The monoisotopic (exact) mass is 461 g/mol. The number of unbranched alkanes of at least 4 members (excludes halogenated alkanes) is 2. The molecule has 170 valence electrons. The lowest BCUT2D eigenvalue weighted by molar-refractivity contribution is -0.132. The first-order chi connectivity index (χ1) is 16.0. The number of thiophene rings is 1. The molecule has 4 rings (SSSR count). The third kappa shape index (κ3) is 4.57. The van der Waals surface area contributed by atoms with Crippen LogP contribution in [0.4, 0.5) is 5.69 Å². The maximum Gasteiger partial charge on any atom is 0.300 e. The molecular formula is C27H27NO4S. The number of amides is 1. The number of nitrogens with zero attached hydrogens (tertiary/aromatic N) is 1. The largest absolute Gasteiger partial charge is 0.507 e. The number of carbonyl (C=O) groups excluding carboxylic acids is 2. The van der Waals surface area contributed by atoms with Gasteiger partial charge in [-0.3, -0.25) is 14.5 Å². The van der Waals surface area contributed by atoms with Gasteiger partial charge in [0.2, 0.25) is 0 Å². The van der Waals surface area contributed by atoms with Crippen LogP contribution in [0.3, 0.4) is 0 Å². The summed E-state index contributed by atoms with van der Waals surface area (Å²) in [6, 6.07) is 17.4. The molecule has 1 unspecified atom stereocenters. The molecule has 1 aliphatic rings. The minimum Gasteiger partial charge on any atom is -0.507 e. The number of ether oxygens (including phenoxy) is 1. The first-order valence-electron chi connectivity index (χ1n) is 11.2. The molecule has 0 bridgehead atoms. The van der Waals surface area contributed by atoms with Gasteiger partial charge in [0.15, 0.2) is 0 Å². The Morgan fingerprint density at radius 1 is 1.03 bits per heavy atom. The first kappa shape index (κ1) is 22.8. The second-order valence-corrected chi connectivity index (χ2v) is 9.00. The fraction of sp³-hybridized carbons (Fsp3) is 0.259. The number of rotatable bonds is 8. The molecule has 1 N–H and O–H groups in total. The van der Waals surface area contributed by atoms with Crippen molar-refractivity contribution in [3.05, 3.63) is 87.6 Å². The van der Waals surface area contributed by atoms with Crippen molar-refractivity contribution in [2.45, 2.75) is 39.2 Å². The van der Waals surface area contributed by atoms with E-state index < -0.39 is 17.7 Å². The Labute approximate surface area is 197 Å². The number of hydrogen-bond donors (Lipinski definition) is 1. The van der Waals surface area contributed by atoms with Crippen LogP contribution in [0.25, 0.3) is 5.76 Å². The standard InChI is InChI=1S/C27H27NO4S/c1-3-4-8-16-32-21-13-11-19(12-14-21)24(29)22-23(26-18(2)15-17-33-26)28(27(31)25(22)30)20-9-6-5-7-10-20/h5-7,9-15,17,23,29H,3-4,8,16H2,1-2H3/b24-22-. The number of aliphatic hydroxyl groups is 1. The Bertz CT molecular complexity index is 1160. The van der Waals surface area contributed by atoms with Crippen molar-refractivity contribution in [3.63, 3.8) is 0 Å². The van der Waals surface area contributed by atoms with Crippen LogP contribution in [0, 0.1) is 6.92 Å². The molecular weight excluding hydrogens is 434 g/mol. The highest BCUT2D eigenvalue weighted by molar-refractivity contribution is 7.10. The summed E-state index contributed by atoms with van der Waals surface area (Å²) in [5.41, 5.74) is 2.16. The predicted molar refractivity (Wildman–Crippen MR) is 132 cm³/mol. The third-order valence-electron chi connectivity index (χ3n) is 5.77. The van der Waals surface area contributed by atoms with Crippen molar-refractivity contribution >= 4 is 34.5 Å². The van der Waals surface area contributed by atoms with Gasteiger partial charge in [0, 0.05) is 16.1 Å². The lowest BCUT2D eigenvalue weighted by Crippen LogP contribution is -2.29. The highest BCUT2D eigenvalue weighted by Gasteiger charge is 2.47. The zero-order valence-electron chi connectivity index (χ0n) is 18.8. The van der Waals surface area contributed by atoms with Crippen LogP contribution in [0.15, 0.2) is 71.6 Å². The second kappa shape index (κ2) is 10.0. The van der Waals surface area contributed by atoms with E-state index in [1.54, 1.807) is 36.4 Å². The summed E-state index contributed by atoms with van der Waals surface area (Å²) >= 11 is 1.47. The van der Waals surface area contributed by atoms with Gasteiger partial charge in [-0.2, -0.15) is 0 Å². The molecule has 1 aromatic heterocycles. The molecule has 5 nitrogen and oxygen atoms in total. The number of Topliss-reactive ketones (excluding diaryl/α,β-unsaturated/α-hetero) is 1. The average Bonchev–Trinajstić information content (AvgIpc) is 3.37. The number of aryl methyl sites for hydroxylation is 1. The topological polar surface area (TPSA) is 66.8 Å². The van der Waals surface area contributed by atoms with E-state index in [1.165, 1.54) is 16.2 Å².